The second-order valence-corrected chi connectivity index (χ2v) is 2.19. The van der Waals surface area contributed by atoms with Gasteiger partial charge in [0.25, 0.3) is 0 Å². The number of nitrogens with zero attached hydrogens (tertiary/aromatic N) is 2. The second-order valence-electron chi connectivity index (χ2n) is 2.19. The first kappa shape index (κ1) is 8.20. The zero-order chi connectivity index (χ0) is 8.10. The van der Waals surface area contributed by atoms with E-state index in [0.717, 1.165) is 18.1 Å². The number of ether oxygens (including phenoxy) is 1. The van der Waals surface area contributed by atoms with Gasteiger partial charge in [-0.2, -0.15) is 5.10 Å². The average molecular weight is 155 g/mol. The quantitative estimate of drug-likeness (QED) is 0.703. The Kier molecular flexibility index (Phi) is 3.04. The van der Waals surface area contributed by atoms with Crippen LogP contribution in [0.3, 0.4) is 0 Å². The van der Waals surface area contributed by atoms with Crippen LogP contribution in [0.2, 0.25) is 0 Å². The number of aromatic nitrogens is 3. The van der Waals surface area contributed by atoms with Crippen LogP contribution in [0.5, 0.6) is 0 Å². The van der Waals surface area contributed by atoms with Gasteiger partial charge in [-0.3, -0.25) is 5.10 Å². The number of rotatable bonds is 4. The van der Waals surface area contributed by atoms with Crippen LogP contribution in [0.15, 0.2) is 0 Å². The third-order valence-electron chi connectivity index (χ3n) is 1.34. The van der Waals surface area contributed by atoms with Crippen molar-refractivity contribution in [2.75, 3.05) is 6.61 Å². The summed E-state index contributed by atoms with van der Waals surface area (Å²) in [4.78, 5) is 4.17. The fourth-order valence-corrected chi connectivity index (χ4v) is 0.756. The summed E-state index contributed by atoms with van der Waals surface area (Å²) >= 11 is 0. The van der Waals surface area contributed by atoms with Crippen LogP contribution in [0, 0.1) is 0 Å². The van der Waals surface area contributed by atoms with Crippen molar-refractivity contribution in [2.45, 2.75) is 26.9 Å². The summed E-state index contributed by atoms with van der Waals surface area (Å²) in [7, 11) is 0. The molecule has 0 saturated heterocycles. The molecule has 1 heterocycles. The second kappa shape index (κ2) is 4.08. The number of hydrogen-bond donors (Lipinski definition) is 1. The van der Waals surface area contributed by atoms with Crippen molar-refractivity contribution in [3.63, 3.8) is 0 Å². The van der Waals surface area contributed by atoms with Crippen molar-refractivity contribution < 1.29 is 4.74 Å². The van der Waals surface area contributed by atoms with Crippen molar-refractivity contribution in [3.05, 3.63) is 11.6 Å². The molecule has 0 atom stereocenters. The maximum atomic E-state index is 5.14. The smallest absolute Gasteiger partial charge is 0.150 e. The lowest BCUT2D eigenvalue weighted by molar-refractivity contribution is 0.128. The van der Waals surface area contributed by atoms with Gasteiger partial charge in [0.05, 0.1) is 0 Å². The molecule has 1 N–H and O–H groups in total. The van der Waals surface area contributed by atoms with Gasteiger partial charge in [-0.05, 0) is 6.92 Å². The summed E-state index contributed by atoms with van der Waals surface area (Å²) in [6.07, 6.45) is 0.864. The van der Waals surface area contributed by atoms with Crippen LogP contribution < -0.4 is 0 Å². The van der Waals surface area contributed by atoms with Crippen LogP contribution in [-0.2, 0) is 17.8 Å². The fourth-order valence-electron chi connectivity index (χ4n) is 0.756. The Morgan fingerprint density at radius 3 is 2.82 bits per heavy atom. The molecule has 0 unspecified atom stereocenters. The third kappa shape index (κ3) is 2.31. The van der Waals surface area contributed by atoms with Gasteiger partial charge in [0, 0.05) is 13.0 Å². The molecule has 4 nitrogen and oxygen atoms in total. The van der Waals surface area contributed by atoms with Gasteiger partial charge in [-0.15, -0.1) is 0 Å². The van der Waals surface area contributed by atoms with E-state index < -0.39 is 0 Å². The van der Waals surface area contributed by atoms with E-state index in [1.54, 1.807) is 0 Å². The van der Waals surface area contributed by atoms with Gasteiger partial charge >= 0.3 is 0 Å². The first-order valence-electron chi connectivity index (χ1n) is 3.84. The molecule has 1 aromatic heterocycles. The summed E-state index contributed by atoms with van der Waals surface area (Å²) in [6.45, 7) is 5.22. The molecule has 1 rings (SSSR count). The van der Waals surface area contributed by atoms with Crippen molar-refractivity contribution in [1.29, 1.82) is 0 Å². The van der Waals surface area contributed by atoms with Crippen LogP contribution >= 0.6 is 0 Å². The van der Waals surface area contributed by atoms with Crippen LogP contribution in [0.25, 0.3) is 0 Å². The number of nitrogens with one attached hydrogen (secondary N) is 1. The van der Waals surface area contributed by atoms with Crippen molar-refractivity contribution in [2.24, 2.45) is 0 Å². The molecule has 1 aromatic rings. The minimum atomic E-state index is 0.531. The zero-order valence-electron chi connectivity index (χ0n) is 6.92. The average Bonchev–Trinajstić information content (AvgIpc) is 2.48. The molecule has 0 fully saturated rings. The lowest BCUT2D eigenvalue weighted by Gasteiger charge is -1.93. The molecular weight excluding hydrogens is 142 g/mol. The number of aromatic amines is 1. The van der Waals surface area contributed by atoms with Gasteiger partial charge in [0.15, 0.2) is 11.6 Å². The summed E-state index contributed by atoms with van der Waals surface area (Å²) < 4.78 is 5.14. The standard InChI is InChI=1S/C7H13N3O/c1-3-6-8-7(10-9-6)5-11-4-2/h3-5H2,1-2H3,(H,8,9,10). The Hall–Kier alpha value is -0.900. The molecule has 62 valence electrons. The SMILES string of the molecule is CCOCc1nc(CC)n[nH]1. The van der Waals surface area contributed by atoms with E-state index in [0.29, 0.717) is 13.2 Å². The van der Waals surface area contributed by atoms with E-state index in [2.05, 4.69) is 15.2 Å². The lowest BCUT2D eigenvalue weighted by atomic mass is 10.5. The van der Waals surface area contributed by atoms with Crippen LogP contribution in [0.1, 0.15) is 25.5 Å². The van der Waals surface area contributed by atoms with Gasteiger partial charge in [-0.1, -0.05) is 6.92 Å². The van der Waals surface area contributed by atoms with E-state index in [1.807, 2.05) is 13.8 Å². The summed E-state index contributed by atoms with van der Waals surface area (Å²) in [5.41, 5.74) is 0. The molecule has 0 amide bonds. The molecule has 0 aliphatic rings. The maximum absolute atomic E-state index is 5.14. The Bertz CT molecular complexity index is 209. The molecule has 4 heteroatoms. The molecule has 0 aliphatic heterocycles. The highest BCUT2D eigenvalue weighted by Crippen LogP contribution is 1.94. The number of aryl methyl sites for hydroxylation is 1. The van der Waals surface area contributed by atoms with Gasteiger partial charge in [0.1, 0.15) is 6.61 Å². The normalized spacial score (nSPS) is 10.4. The van der Waals surface area contributed by atoms with E-state index >= 15 is 0 Å². The monoisotopic (exact) mass is 155 g/mol. The third-order valence-corrected chi connectivity index (χ3v) is 1.34. The molecule has 0 bridgehead atoms. The minimum absolute atomic E-state index is 0.531. The highest BCUT2D eigenvalue weighted by atomic mass is 16.5. The Morgan fingerprint density at radius 2 is 2.27 bits per heavy atom. The summed E-state index contributed by atoms with van der Waals surface area (Å²) in [5.74, 6) is 1.66. The first-order chi connectivity index (χ1) is 5.36. The molecule has 0 aromatic carbocycles. The van der Waals surface area contributed by atoms with Crippen molar-refractivity contribution >= 4 is 0 Å². The number of hydrogen-bond acceptors (Lipinski definition) is 3. The lowest BCUT2D eigenvalue weighted by Crippen LogP contribution is -1.93. The molecule has 0 aliphatic carbocycles. The summed E-state index contributed by atoms with van der Waals surface area (Å²) in [6, 6.07) is 0. The van der Waals surface area contributed by atoms with E-state index in [9.17, 15) is 0 Å². The van der Waals surface area contributed by atoms with E-state index in [4.69, 9.17) is 4.74 Å². The Labute approximate surface area is 66.0 Å². The van der Waals surface area contributed by atoms with Gasteiger partial charge in [0.2, 0.25) is 0 Å². The van der Waals surface area contributed by atoms with E-state index in [-0.39, 0.29) is 0 Å². The Balaban J connectivity index is 2.44. The highest BCUT2D eigenvalue weighted by Gasteiger charge is 1.98. The largest absolute Gasteiger partial charge is 0.374 e. The zero-order valence-corrected chi connectivity index (χ0v) is 6.92. The molecule has 0 spiro atoms. The molecule has 11 heavy (non-hydrogen) atoms. The predicted molar refractivity (Wildman–Crippen MR) is 41.1 cm³/mol. The first-order valence-corrected chi connectivity index (χ1v) is 3.84. The molecular formula is C7H13N3O. The maximum Gasteiger partial charge on any atom is 0.150 e. The van der Waals surface area contributed by atoms with Crippen molar-refractivity contribution in [3.8, 4) is 0 Å². The topological polar surface area (TPSA) is 50.8 Å². The fraction of sp³-hybridized carbons (Fsp3) is 0.714. The number of H-pyrrole nitrogens is 1. The predicted octanol–water partition coefficient (Wildman–Crippen LogP) is 0.904. The minimum Gasteiger partial charge on any atom is -0.374 e. The molecule has 0 radical (unpaired) electrons. The van der Waals surface area contributed by atoms with E-state index in [1.165, 1.54) is 0 Å². The highest BCUT2D eigenvalue weighted by molar-refractivity contribution is 4.87. The molecule has 0 saturated carbocycles. The van der Waals surface area contributed by atoms with Crippen molar-refractivity contribution in [1.82, 2.24) is 15.2 Å². The van der Waals surface area contributed by atoms with Crippen LogP contribution in [-0.4, -0.2) is 21.8 Å². The Morgan fingerprint density at radius 1 is 1.45 bits per heavy atom. The van der Waals surface area contributed by atoms with Crippen LogP contribution in [0.4, 0.5) is 0 Å². The van der Waals surface area contributed by atoms with Gasteiger partial charge < -0.3 is 4.74 Å². The summed E-state index contributed by atoms with van der Waals surface area (Å²) in [5, 5.41) is 6.78. The van der Waals surface area contributed by atoms with Gasteiger partial charge in [-0.25, -0.2) is 4.98 Å².